The second-order valence-corrected chi connectivity index (χ2v) is 6.11. The molecule has 0 bridgehead atoms. The summed E-state index contributed by atoms with van der Waals surface area (Å²) in [5.41, 5.74) is 2.80. The van der Waals surface area contributed by atoms with Crippen LogP contribution in [0.5, 0.6) is 0 Å². The molecule has 0 aliphatic carbocycles. The van der Waals surface area contributed by atoms with Gasteiger partial charge in [0.25, 0.3) is 0 Å². The zero-order chi connectivity index (χ0) is 16.5. The Labute approximate surface area is 140 Å². The van der Waals surface area contributed by atoms with Crippen molar-refractivity contribution in [3.05, 3.63) is 54.4 Å². The van der Waals surface area contributed by atoms with Crippen molar-refractivity contribution < 1.29 is 4.79 Å². The number of fused-ring (bicyclic) bond motifs is 1. The fourth-order valence-corrected chi connectivity index (χ4v) is 3.48. The number of hydrogen-bond acceptors (Lipinski definition) is 4. The van der Waals surface area contributed by atoms with Crippen LogP contribution in [0.3, 0.4) is 0 Å². The van der Waals surface area contributed by atoms with Crippen LogP contribution in [0.4, 0.5) is 0 Å². The molecule has 0 saturated carbocycles. The molecule has 1 atom stereocenters. The van der Waals surface area contributed by atoms with E-state index in [1.54, 1.807) is 18.6 Å². The molecule has 4 rings (SSSR count). The van der Waals surface area contributed by atoms with Crippen molar-refractivity contribution >= 4 is 16.9 Å². The van der Waals surface area contributed by atoms with Crippen LogP contribution in [0, 0.1) is 6.92 Å². The van der Waals surface area contributed by atoms with Gasteiger partial charge in [0, 0.05) is 18.9 Å². The van der Waals surface area contributed by atoms with Crippen molar-refractivity contribution in [2.75, 3.05) is 6.54 Å². The van der Waals surface area contributed by atoms with Crippen LogP contribution >= 0.6 is 0 Å². The molecule has 3 aromatic rings. The molecule has 0 spiro atoms. The SMILES string of the molecule is Cc1nc2ccccc2n1CC(=O)N1CCC[C@H]1c1cnccn1. The van der Waals surface area contributed by atoms with E-state index in [4.69, 9.17) is 0 Å². The highest BCUT2D eigenvalue weighted by Gasteiger charge is 2.31. The molecule has 1 aliphatic heterocycles. The van der Waals surface area contributed by atoms with Crippen molar-refractivity contribution in [2.24, 2.45) is 0 Å². The Morgan fingerprint density at radius 3 is 3.00 bits per heavy atom. The van der Waals surface area contributed by atoms with Crippen LogP contribution in [0.15, 0.2) is 42.9 Å². The lowest BCUT2D eigenvalue weighted by molar-refractivity contribution is -0.132. The number of imidazole rings is 1. The van der Waals surface area contributed by atoms with Crippen molar-refractivity contribution in [1.29, 1.82) is 0 Å². The molecular formula is C18H19N5O. The van der Waals surface area contributed by atoms with Gasteiger partial charge >= 0.3 is 0 Å². The first-order valence-electron chi connectivity index (χ1n) is 8.21. The van der Waals surface area contributed by atoms with Crippen LogP contribution in [-0.2, 0) is 11.3 Å². The molecule has 3 heterocycles. The minimum Gasteiger partial charge on any atom is -0.332 e. The third-order valence-electron chi connectivity index (χ3n) is 4.64. The molecule has 6 nitrogen and oxygen atoms in total. The molecule has 1 aromatic carbocycles. The van der Waals surface area contributed by atoms with Crippen LogP contribution < -0.4 is 0 Å². The fourth-order valence-electron chi connectivity index (χ4n) is 3.48. The van der Waals surface area contributed by atoms with E-state index in [0.717, 1.165) is 41.9 Å². The molecule has 1 amide bonds. The van der Waals surface area contributed by atoms with E-state index in [0.29, 0.717) is 6.54 Å². The maximum atomic E-state index is 12.9. The Bertz CT molecular complexity index is 874. The Hall–Kier alpha value is -2.76. The van der Waals surface area contributed by atoms with Gasteiger partial charge in [-0.15, -0.1) is 0 Å². The van der Waals surface area contributed by atoms with E-state index >= 15 is 0 Å². The molecule has 24 heavy (non-hydrogen) atoms. The summed E-state index contributed by atoms with van der Waals surface area (Å²) in [5, 5.41) is 0. The monoisotopic (exact) mass is 321 g/mol. The van der Waals surface area contributed by atoms with Gasteiger partial charge in [-0.05, 0) is 31.9 Å². The third-order valence-corrected chi connectivity index (χ3v) is 4.64. The third kappa shape index (κ3) is 2.54. The van der Waals surface area contributed by atoms with Crippen molar-refractivity contribution in [3.63, 3.8) is 0 Å². The summed E-state index contributed by atoms with van der Waals surface area (Å²) >= 11 is 0. The van der Waals surface area contributed by atoms with E-state index in [9.17, 15) is 4.79 Å². The van der Waals surface area contributed by atoms with Crippen molar-refractivity contribution in [3.8, 4) is 0 Å². The number of aryl methyl sites for hydroxylation is 1. The van der Waals surface area contributed by atoms with Crippen molar-refractivity contribution in [2.45, 2.75) is 32.4 Å². The smallest absolute Gasteiger partial charge is 0.243 e. The highest BCUT2D eigenvalue weighted by molar-refractivity contribution is 5.81. The number of carbonyl (C=O) groups is 1. The normalized spacial score (nSPS) is 17.5. The number of carbonyl (C=O) groups excluding carboxylic acids is 1. The summed E-state index contributed by atoms with van der Waals surface area (Å²) in [4.78, 5) is 27.9. The van der Waals surface area contributed by atoms with E-state index in [2.05, 4.69) is 15.0 Å². The lowest BCUT2D eigenvalue weighted by Gasteiger charge is -2.24. The number of para-hydroxylation sites is 2. The maximum absolute atomic E-state index is 12.9. The molecule has 6 heteroatoms. The van der Waals surface area contributed by atoms with Crippen LogP contribution in [-0.4, -0.2) is 36.9 Å². The summed E-state index contributed by atoms with van der Waals surface area (Å²) in [6.45, 7) is 3.02. The number of rotatable bonds is 3. The fraction of sp³-hybridized carbons (Fsp3) is 0.333. The van der Waals surface area contributed by atoms with Gasteiger partial charge in [-0.1, -0.05) is 12.1 Å². The molecule has 0 N–H and O–H groups in total. The first kappa shape index (κ1) is 14.8. The van der Waals surface area contributed by atoms with Gasteiger partial charge in [0.2, 0.25) is 5.91 Å². The molecule has 2 aromatic heterocycles. The molecule has 1 fully saturated rings. The second kappa shape index (κ2) is 6.03. The zero-order valence-corrected chi connectivity index (χ0v) is 13.6. The second-order valence-electron chi connectivity index (χ2n) is 6.11. The lowest BCUT2D eigenvalue weighted by atomic mass is 10.1. The van der Waals surface area contributed by atoms with Gasteiger partial charge in [-0.2, -0.15) is 0 Å². The summed E-state index contributed by atoms with van der Waals surface area (Å²) in [7, 11) is 0. The highest BCUT2D eigenvalue weighted by atomic mass is 16.2. The first-order valence-corrected chi connectivity index (χ1v) is 8.21. The van der Waals surface area contributed by atoms with Gasteiger partial charge in [0.1, 0.15) is 12.4 Å². The average Bonchev–Trinajstić information content (AvgIpc) is 3.21. The Kier molecular flexibility index (Phi) is 3.72. The van der Waals surface area contributed by atoms with Crippen LogP contribution in [0.1, 0.15) is 30.4 Å². The summed E-state index contributed by atoms with van der Waals surface area (Å²) in [6.07, 6.45) is 7.04. The number of likely N-dealkylation sites (tertiary alicyclic amines) is 1. The first-order chi connectivity index (χ1) is 11.7. The predicted molar refractivity (Wildman–Crippen MR) is 90.2 cm³/mol. The number of nitrogens with zero attached hydrogens (tertiary/aromatic N) is 5. The number of amides is 1. The van der Waals surface area contributed by atoms with Gasteiger partial charge in [-0.3, -0.25) is 14.8 Å². The standard InChI is InChI=1S/C18H19N5O/c1-13-21-14-5-2-3-6-16(14)23(13)12-18(24)22-10-4-7-17(22)15-11-19-8-9-20-15/h2-3,5-6,8-9,11,17H,4,7,10,12H2,1H3/t17-/m0/s1. The van der Waals surface area contributed by atoms with E-state index < -0.39 is 0 Å². The molecule has 1 aliphatic rings. The van der Waals surface area contributed by atoms with Gasteiger partial charge in [0.05, 0.1) is 29.0 Å². The highest BCUT2D eigenvalue weighted by Crippen LogP contribution is 2.30. The Balaban J connectivity index is 1.60. The zero-order valence-electron chi connectivity index (χ0n) is 13.6. The maximum Gasteiger partial charge on any atom is 0.243 e. The minimum absolute atomic E-state index is 0.0290. The van der Waals surface area contributed by atoms with Gasteiger partial charge < -0.3 is 9.47 Å². The Morgan fingerprint density at radius 2 is 2.17 bits per heavy atom. The van der Waals surface area contributed by atoms with Gasteiger partial charge in [-0.25, -0.2) is 4.98 Å². The summed E-state index contributed by atoms with van der Waals surface area (Å²) in [5.74, 6) is 0.967. The summed E-state index contributed by atoms with van der Waals surface area (Å²) < 4.78 is 1.99. The summed E-state index contributed by atoms with van der Waals surface area (Å²) in [6, 6.07) is 7.95. The van der Waals surface area contributed by atoms with E-state index in [1.807, 2.05) is 40.7 Å². The predicted octanol–water partition coefficient (Wildman–Crippen LogP) is 2.50. The van der Waals surface area contributed by atoms with Crippen LogP contribution in [0.2, 0.25) is 0 Å². The molecule has 1 saturated heterocycles. The number of benzene rings is 1. The van der Waals surface area contributed by atoms with E-state index in [1.165, 1.54) is 0 Å². The molecule has 122 valence electrons. The average molecular weight is 321 g/mol. The van der Waals surface area contributed by atoms with Gasteiger partial charge in [0.15, 0.2) is 0 Å². The van der Waals surface area contributed by atoms with Crippen molar-refractivity contribution in [1.82, 2.24) is 24.4 Å². The van der Waals surface area contributed by atoms with E-state index in [-0.39, 0.29) is 11.9 Å². The van der Waals surface area contributed by atoms with Crippen LogP contribution in [0.25, 0.3) is 11.0 Å². The molecule has 0 radical (unpaired) electrons. The number of hydrogen-bond donors (Lipinski definition) is 0. The molecular weight excluding hydrogens is 302 g/mol. The topological polar surface area (TPSA) is 63.9 Å². The minimum atomic E-state index is 0.0290. The Morgan fingerprint density at radius 1 is 1.29 bits per heavy atom. The lowest BCUT2D eigenvalue weighted by Crippen LogP contribution is -2.34. The quantitative estimate of drug-likeness (QED) is 0.743. The molecule has 0 unspecified atom stereocenters. The largest absolute Gasteiger partial charge is 0.332 e. The number of aromatic nitrogens is 4.